The summed E-state index contributed by atoms with van der Waals surface area (Å²) in [7, 11) is 1.60. The van der Waals surface area contributed by atoms with E-state index in [0.29, 0.717) is 65.1 Å². The molecule has 4 aromatic rings. The summed E-state index contributed by atoms with van der Waals surface area (Å²) in [5, 5.41) is 4.66. The van der Waals surface area contributed by atoms with Gasteiger partial charge in [0.25, 0.3) is 0 Å². The second-order valence-electron chi connectivity index (χ2n) is 8.27. The topological polar surface area (TPSA) is 103 Å². The summed E-state index contributed by atoms with van der Waals surface area (Å²) in [5.74, 6) is 2.28. The van der Waals surface area contributed by atoms with Crippen LogP contribution in [-0.2, 0) is 4.79 Å². The molecule has 1 N–H and O–H groups in total. The van der Waals surface area contributed by atoms with Crippen molar-refractivity contribution in [3.05, 3.63) is 66.9 Å². The summed E-state index contributed by atoms with van der Waals surface area (Å²) in [4.78, 5) is 26.5. The van der Waals surface area contributed by atoms with Crippen molar-refractivity contribution < 1.29 is 18.7 Å². The first-order valence-electron chi connectivity index (χ1n) is 11.4. The van der Waals surface area contributed by atoms with E-state index < -0.39 is 0 Å². The van der Waals surface area contributed by atoms with Crippen LogP contribution in [0.4, 0.5) is 11.5 Å². The number of amides is 1. The van der Waals surface area contributed by atoms with Gasteiger partial charge in [-0.25, -0.2) is 15.0 Å². The Hall–Kier alpha value is -4.11. The highest BCUT2D eigenvalue weighted by Crippen LogP contribution is 2.37. The van der Waals surface area contributed by atoms with Gasteiger partial charge in [-0.2, -0.15) is 0 Å². The number of carbonyl (C=O) groups excluding carboxylic acids is 1. The minimum Gasteiger partial charge on any atom is -0.493 e. The molecule has 0 aliphatic carbocycles. The Morgan fingerprint density at radius 1 is 1.22 bits per heavy atom. The predicted octanol–water partition coefficient (Wildman–Crippen LogP) is 5.25. The number of nitrogens with zero attached hydrogens (tertiary/aromatic N) is 4. The number of hydrogen-bond acceptors (Lipinski definition) is 8. The van der Waals surface area contributed by atoms with Gasteiger partial charge in [0.2, 0.25) is 5.91 Å². The largest absolute Gasteiger partial charge is 0.493 e. The van der Waals surface area contributed by atoms with Gasteiger partial charge in [0.15, 0.2) is 23.7 Å². The molecule has 1 aliphatic heterocycles. The summed E-state index contributed by atoms with van der Waals surface area (Å²) in [5.41, 5.74) is 2.18. The van der Waals surface area contributed by atoms with E-state index >= 15 is 0 Å². The molecular weight excluding hydrogens is 482 g/mol. The van der Waals surface area contributed by atoms with Gasteiger partial charge < -0.3 is 24.1 Å². The fourth-order valence-corrected chi connectivity index (χ4v) is 4.41. The Bertz CT molecular complexity index is 1400. The Morgan fingerprint density at radius 3 is 2.78 bits per heavy atom. The molecule has 1 fully saturated rings. The van der Waals surface area contributed by atoms with E-state index in [0.717, 1.165) is 11.1 Å². The molecule has 2 aromatic heterocycles. The van der Waals surface area contributed by atoms with Crippen molar-refractivity contribution >= 4 is 39.9 Å². The van der Waals surface area contributed by atoms with Crippen molar-refractivity contribution in [2.45, 2.75) is 18.9 Å². The summed E-state index contributed by atoms with van der Waals surface area (Å²) in [6, 6.07) is 9.22. The lowest BCUT2D eigenvalue weighted by Gasteiger charge is -2.31. The number of oxazole rings is 1. The van der Waals surface area contributed by atoms with Gasteiger partial charge in [-0.3, -0.25) is 4.79 Å². The normalized spacial score (nSPS) is 14.0. The number of hydrogen-bond donors (Lipinski definition) is 1. The number of nitrogens with one attached hydrogen (secondary N) is 1. The van der Waals surface area contributed by atoms with Crippen molar-refractivity contribution in [3.8, 4) is 22.8 Å². The molecule has 0 radical (unpaired) electrons. The number of anilines is 2. The molecule has 0 unspecified atom stereocenters. The van der Waals surface area contributed by atoms with Crippen molar-refractivity contribution in [2.24, 2.45) is 0 Å². The van der Waals surface area contributed by atoms with Crippen molar-refractivity contribution in [1.29, 1.82) is 0 Å². The highest BCUT2D eigenvalue weighted by molar-refractivity contribution is 6.33. The number of benzene rings is 2. The van der Waals surface area contributed by atoms with Gasteiger partial charge in [0.05, 0.1) is 23.8 Å². The van der Waals surface area contributed by atoms with Crippen LogP contribution >= 0.6 is 11.6 Å². The Balaban J connectivity index is 1.42. The lowest BCUT2D eigenvalue weighted by molar-refractivity contribution is -0.127. The van der Waals surface area contributed by atoms with Gasteiger partial charge in [-0.05, 0) is 30.3 Å². The first kappa shape index (κ1) is 23.6. The summed E-state index contributed by atoms with van der Waals surface area (Å²) < 4.78 is 17.3. The summed E-state index contributed by atoms with van der Waals surface area (Å²) in [6.07, 6.45) is 7.19. The molecule has 184 valence electrons. The number of aromatic nitrogens is 3. The van der Waals surface area contributed by atoms with Gasteiger partial charge >= 0.3 is 0 Å². The third-order valence-electron chi connectivity index (χ3n) is 6.07. The summed E-state index contributed by atoms with van der Waals surface area (Å²) in [6.45, 7) is 4.80. The number of fused-ring (bicyclic) bond motifs is 1. The molecule has 1 saturated heterocycles. The van der Waals surface area contributed by atoms with E-state index in [1.165, 1.54) is 18.8 Å². The van der Waals surface area contributed by atoms with Crippen molar-refractivity contribution in [1.82, 2.24) is 19.9 Å². The number of methoxy groups -OCH3 is 1. The molecule has 0 bridgehead atoms. The van der Waals surface area contributed by atoms with Gasteiger partial charge in [-0.1, -0.05) is 18.2 Å². The monoisotopic (exact) mass is 505 g/mol. The van der Waals surface area contributed by atoms with E-state index in [4.69, 9.17) is 25.5 Å². The molecule has 36 heavy (non-hydrogen) atoms. The van der Waals surface area contributed by atoms with Gasteiger partial charge in [0.1, 0.15) is 18.2 Å². The minimum atomic E-state index is -0.0572. The van der Waals surface area contributed by atoms with Crippen LogP contribution in [0.1, 0.15) is 12.8 Å². The molecule has 0 saturated carbocycles. The van der Waals surface area contributed by atoms with E-state index in [1.807, 2.05) is 24.3 Å². The minimum absolute atomic E-state index is 0.0491. The highest BCUT2D eigenvalue weighted by Gasteiger charge is 2.24. The number of likely N-dealkylation sites (tertiary alicyclic amines) is 1. The SMILES string of the molecule is C=CC(=O)N1CCC(Oc2cc3c(Nc4ccc(Cl)c(-c5cnco5)c4)ncnc3cc2OC)CC1. The van der Waals surface area contributed by atoms with Crippen LogP contribution in [0.3, 0.4) is 0 Å². The van der Waals surface area contributed by atoms with Crippen LogP contribution in [0.25, 0.3) is 22.2 Å². The lowest BCUT2D eigenvalue weighted by Crippen LogP contribution is -2.41. The fraction of sp³-hybridized carbons (Fsp3) is 0.231. The standard InChI is InChI=1S/C26H24ClN5O4/c1-3-25(33)32-8-6-17(7-9-32)36-23-11-19-21(12-22(23)34-2)29-14-30-26(19)31-16-4-5-20(27)18(10-16)24-13-28-15-35-24/h3-5,10-15,17H,1,6-9H2,2H3,(H,29,30,31). The molecule has 9 nitrogen and oxygen atoms in total. The van der Waals surface area contributed by atoms with E-state index in [-0.39, 0.29) is 12.0 Å². The maximum atomic E-state index is 11.9. The van der Waals surface area contributed by atoms with Crippen LogP contribution in [0.2, 0.25) is 5.02 Å². The van der Waals surface area contributed by atoms with Crippen LogP contribution in [0, 0.1) is 0 Å². The smallest absolute Gasteiger partial charge is 0.245 e. The second-order valence-corrected chi connectivity index (χ2v) is 8.68. The van der Waals surface area contributed by atoms with Crippen LogP contribution < -0.4 is 14.8 Å². The molecule has 5 rings (SSSR count). The van der Waals surface area contributed by atoms with Gasteiger partial charge in [0, 0.05) is 48.6 Å². The molecule has 0 atom stereocenters. The Morgan fingerprint density at radius 2 is 2.06 bits per heavy atom. The molecule has 0 spiro atoms. The Labute approximate surface area is 212 Å². The zero-order chi connectivity index (χ0) is 25.1. The second kappa shape index (κ2) is 10.2. The maximum Gasteiger partial charge on any atom is 0.245 e. The molecule has 1 amide bonds. The van der Waals surface area contributed by atoms with E-state index in [9.17, 15) is 4.79 Å². The van der Waals surface area contributed by atoms with E-state index in [1.54, 1.807) is 24.3 Å². The van der Waals surface area contributed by atoms with E-state index in [2.05, 4.69) is 26.8 Å². The molecule has 3 heterocycles. The van der Waals surface area contributed by atoms with Crippen LogP contribution in [0.5, 0.6) is 11.5 Å². The molecule has 2 aromatic carbocycles. The number of carbonyl (C=O) groups is 1. The average Bonchev–Trinajstić information content (AvgIpc) is 3.44. The molecule has 1 aliphatic rings. The third-order valence-corrected chi connectivity index (χ3v) is 6.40. The van der Waals surface area contributed by atoms with Crippen LogP contribution in [-0.4, -0.2) is 52.1 Å². The number of rotatable bonds is 7. The predicted molar refractivity (Wildman–Crippen MR) is 137 cm³/mol. The van der Waals surface area contributed by atoms with Crippen molar-refractivity contribution in [3.63, 3.8) is 0 Å². The quantitative estimate of drug-likeness (QED) is 0.340. The van der Waals surface area contributed by atoms with Gasteiger partial charge in [-0.15, -0.1) is 0 Å². The Kier molecular flexibility index (Phi) is 6.73. The number of halogens is 1. The zero-order valence-corrected chi connectivity index (χ0v) is 20.4. The molecule has 10 heteroatoms. The summed E-state index contributed by atoms with van der Waals surface area (Å²) >= 11 is 6.37. The third kappa shape index (κ3) is 4.83. The molecular formula is C26H24ClN5O4. The average molecular weight is 506 g/mol. The van der Waals surface area contributed by atoms with Crippen molar-refractivity contribution in [2.75, 3.05) is 25.5 Å². The highest BCUT2D eigenvalue weighted by atomic mass is 35.5. The number of ether oxygens (including phenoxy) is 2. The first-order valence-corrected chi connectivity index (χ1v) is 11.8. The number of piperidine rings is 1. The van der Waals surface area contributed by atoms with Crippen LogP contribution in [0.15, 0.2) is 66.3 Å². The zero-order valence-electron chi connectivity index (χ0n) is 19.6. The maximum absolute atomic E-state index is 11.9. The fourth-order valence-electron chi connectivity index (χ4n) is 4.20. The lowest BCUT2D eigenvalue weighted by atomic mass is 10.1. The first-order chi connectivity index (χ1) is 17.6.